The quantitative estimate of drug-likeness (QED) is 0.517. The monoisotopic (exact) mass is 515 g/mol. The first-order valence-electron chi connectivity index (χ1n) is 12.3. The molecule has 1 aromatic heterocycles. The molecular weight excluding hydrogens is 482 g/mol. The van der Waals surface area contributed by atoms with E-state index >= 15 is 0 Å². The van der Waals surface area contributed by atoms with Crippen LogP contribution in [0.1, 0.15) is 60.3 Å². The average molecular weight is 516 g/mol. The highest BCUT2D eigenvalue weighted by Gasteiger charge is 2.25. The van der Waals surface area contributed by atoms with Gasteiger partial charge in [-0.3, -0.25) is 14.5 Å². The molecule has 4 rings (SSSR count). The van der Waals surface area contributed by atoms with Crippen LogP contribution in [0.25, 0.3) is 0 Å². The molecule has 1 saturated carbocycles. The van der Waals surface area contributed by atoms with Crippen LogP contribution in [0.5, 0.6) is 0 Å². The second-order valence-electron chi connectivity index (χ2n) is 10.5. The highest BCUT2D eigenvalue weighted by atomic mass is 35.5. The number of piperazine rings is 1. The summed E-state index contributed by atoms with van der Waals surface area (Å²) in [5, 5.41) is 8.79. The lowest BCUT2D eigenvalue weighted by atomic mass is 10.1. The summed E-state index contributed by atoms with van der Waals surface area (Å²) in [6, 6.07) is 8.16. The number of nitrogens with zero attached hydrogens (tertiary/aromatic N) is 2. The van der Waals surface area contributed by atoms with Gasteiger partial charge in [0.2, 0.25) is 0 Å². The number of furan rings is 1. The molecule has 1 saturated heterocycles. The number of urea groups is 1. The van der Waals surface area contributed by atoms with E-state index in [2.05, 4.69) is 20.9 Å². The molecule has 194 valence electrons. The molecule has 2 fully saturated rings. The first kappa shape index (κ1) is 26.0. The SMILES string of the molecule is CC(C)(C)NC(=O)c1ccc(CN2CCN(C(=O)c3ccc(NC(=O)NCC4CC4)c(Cl)c3)CC2)o1. The molecule has 0 atom stereocenters. The first-order valence-corrected chi connectivity index (χ1v) is 12.7. The third-order valence-corrected chi connectivity index (χ3v) is 6.44. The second-order valence-corrected chi connectivity index (χ2v) is 10.9. The summed E-state index contributed by atoms with van der Waals surface area (Å²) in [7, 11) is 0. The predicted octanol–water partition coefficient (Wildman–Crippen LogP) is 3.95. The average Bonchev–Trinajstić information content (AvgIpc) is 3.54. The van der Waals surface area contributed by atoms with Gasteiger partial charge >= 0.3 is 6.03 Å². The van der Waals surface area contributed by atoms with Crippen LogP contribution in [-0.2, 0) is 6.54 Å². The molecule has 2 aromatic rings. The summed E-state index contributed by atoms with van der Waals surface area (Å²) in [4.78, 5) is 41.3. The highest BCUT2D eigenvalue weighted by Crippen LogP contribution is 2.28. The van der Waals surface area contributed by atoms with Crippen LogP contribution in [0.4, 0.5) is 10.5 Å². The number of carbonyl (C=O) groups is 3. The van der Waals surface area contributed by atoms with E-state index in [1.54, 1.807) is 29.2 Å². The van der Waals surface area contributed by atoms with Crippen molar-refractivity contribution in [2.45, 2.75) is 45.7 Å². The van der Waals surface area contributed by atoms with Crippen LogP contribution in [-0.4, -0.2) is 65.9 Å². The Morgan fingerprint density at radius 3 is 2.42 bits per heavy atom. The number of hydrogen-bond acceptors (Lipinski definition) is 5. The fraction of sp³-hybridized carbons (Fsp3) is 0.500. The predicted molar refractivity (Wildman–Crippen MR) is 138 cm³/mol. The van der Waals surface area contributed by atoms with Gasteiger partial charge in [0.1, 0.15) is 5.76 Å². The molecular formula is C26H34ClN5O4. The van der Waals surface area contributed by atoms with E-state index in [-0.39, 0.29) is 23.4 Å². The van der Waals surface area contributed by atoms with E-state index < -0.39 is 0 Å². The van der Waals surface area contributed by atoms with Crippen LogP contribution in [0, 0.1) is 5.92 Å². The van der Waals surface area contributed by atoms with E-state index in [1.807, 2.05) is 26.8 Å². The van der Waals surface area contributed by atoms with Crippen molar-refractivity contribution in [2.24, 2.45) is 5.92 Å². The summed E-state index contributed by atoms with van der Waals surface area (Å²) in [5.41, 5.74) is 0.622. The molecule has 1 aliphatic heterocycles. The van der Waals surface area contributed by atoms with Gasteiger partial charge in [-0.05, 0) is 69.9 Å². The number of hydrogen-bond donors (Lipinski definition) is 3. The molecule has 2 heterocycles. The zero-order valence-electron chi connectivity index (χ0n) is 21.0. The zero-order chi connectivity index (χ0) is 25.9. The lowest BCUT2D eigenvalue weighted by Gasteiger charge is -2.34. The molecule has 3 N–H and O–H groups in total. The van der Waals surface area contributed by atoms with E-state index in [0.717, 1.165) is 12.8 Å². The standard InChI is InChI=1S/C26H34ClN5O4/c1-26(2,3)30-23(33)22-9-7-19(36-22)16-31-10-12-32(13-11-31)24(34)18-6-8-21(20(27)14-18)29-25(35)28-15-17-4-5-17/h6-9,14,17H,4-5,10-13,15-16H2,1-3H3,(H,30,33)(H2,28,29,35). The van der Waals surface area contributed by atoms with Crippen molar-refractivity contribution >= 4 is 35.1 Å². The summed E-state index contributed by atoms with van der Waals surface area (Å²) < 4.78 is 5.74. The summed E-state index contributed by atoms with van der Waals surface area (Å²) in [6.07, 6.45) is 2.32. The van der Waals surface area contributed by atoms with Crippen molar-refractivity contribution in [3.8, 4) is 0 Å². The van der Waals surface area contributed by atoms with Gasteiger partial charge in [0.15, 0.2) is 5.76 Å². The molecule has 10 heteroatoms. The van der Waals surface area contributed by atoms with Crippen LogP contribution in [0.3, 0.4) is 0 Å². The van der Waals surface area contributed by atoms with E-state index in [0.29, 0.717) is 73.0 Å². The number of benzene rings is 1. The normalized spacial score (nSPS) is 16.5. The summed E-state index contributed by atoms with van der Waals surface area (Å²) in [5.74, 6) is 1.26. The Labute approximate surface area is 216 Å². The molecule has 0 radical (unpaired) electrons. The Bertz CT molecular complexity index is 1110. The van der Waals surface area contributed by atoms with Gasteiger partial charge in [0.25, 0.3) is 11.8 Å². The summed E-state index contributed by atoms with van der Waals surface area (Å²) in [6.45, 7) is 9.50. The van der Waals surface area contributed by atoms with Crippen LogP contribution in [0.15, 0.2) is 34.7 Å². The van der Waals surface area contributed by atoms with Crippen molar-refractivity contribution in [1.29, 1.82) is 0 Å². The fourth-order valence-electron chi connectivity index (χ4n) is 3.97. The van der Waals surface area contributed by atoms with Crippen molar-refractivity contribution in [3.05, 3.63) is 52.4 Å². The Morgan fingerprint density at radius 2 is 1.78 bits per heavy atom. The minimum absolute atomic E-state index is 0.0968. The second kappa shape index (κ2) is 10.9. The summed E-state index contributed by atoms with van der Waals surface area (Å²) >= 11 is 6.34. The van der Waals surface area contributed by atoms with Gasteiger partial charge in [0.05, 0.1) is 17.3 Å². The van der Waals surface area contributed by atoms with Crippen LogP contribution in [0.2, 0.25) is 5.02 Å². The Balaban J connectivity index is 1.25. The van der Waals surface area contributed by atoms with Crippen LogP contribution >= 0.6 is 11.6 Å². The van der Waals surface area contributed by atoms with Gasteiger partial charge in [-0.25, -0.2) is 4.79 Å². The minimum atomic E-state index is -0.335. The number of amides is 4. The highest BCUT2D eigenvalue weighted by molar-refractivity contribution is 6.34. The van der Waals surface area contributed by atoms with Crippen LogP contribution < -0.4 is 16.0 Å². The lowest BCUT2D eigenvalue weighted by molar-refractivity contribution is 0.0618. The molecule has 0 unspecified atom stereocenters. The maximum atomic E-state index is 13.0. The minimum Gasteiger partial charge on any atom is -0.455 e. The lowest BCUT2D eigenvalue weighted by Crippen LogP contribution is -2.48. The maximum Gasteiger partial charge on any atom is 0.319 e. The fourth-order valence-corrected chi connectivity index (χ4v) is 4.20. The zero-order valence-corrected chi connectivity index (χ0v) is 21.8. The van der Waals surface area contributed by atoms with Gasteiger partial charge < -0.3 is 25.3 Å². The Kier molecular flexibility index (Phi) is 7.90. The molecule has 1 aromatic carbocycles. The number of anilines is 1. The molecule has 36 heavy (non-hydrogen) atoms. The molecule has 9 nitrogen and oxygen atoms in total. The van der Waals surface area contributed by atoms with Crippen molar-refractivity contribution in [2.75, 3.05) is 38.0 Å². The number of rotatable bonds is 7. The van der Waals surface area contributed by atoms with E-state index in [4.69, 9.17) is 16.0 Å². The molecule has 0 bridgehead atoms. The number of carbonyl (C=O) groups excluding carboxylic acids is 3. The number of halogens is 1. The van der Waals surface area contributed by atoms with Gasteiger partial charge in [-0.15, -0.1) is 0 Å². The molecule has 0 spiro atoms. The van der Waals surface area contributed by atoms with Crippen molar-refractivity contribution < 1.29 is 18.8 Å². The van der Waals surface area contributed by atoms with E-state index in [9.17, 15) is 14.4 Å². The van der Waals surface area contributed by atoms with Crippen molar-refractivity contribution in [3.63, 3.8) is 0 Å². The van der Waals surface area contributed by atoms with Gasteiger partial charge in [-0.2, -0.15) is 0 Å². The van der Waals surface area contributed by atoms with Gasteiger partial charge in [0, 0.05) is 43.8 Å². The smallest absolute Gasteiger partial charge is 0.319 e. The Hall–Kier alpha value is -3.04. The van der Waals surface area contributed by atoms with Crippen molar-refractivity contribution in [1.82, 2.24) is 20.4 Å². The molecule has 1 aliphatic carbocycles. The maximum absolute atomic E-state index is 13.0. The van der Waals surface area contributed by atoms with Gasteiger partial charge in [-0.1, -0.05) is 11.6 Å². The largest absolute Gasteiger partial charge is 0.455 e. The Morgan fingerprint density at radius 1 is 1.06 bits per heavy atom. The molecule has 2 aliphatic rings. The first-order chi connectivity index (χ1) is 17.1. The third-order valence-electron chi connectivity index (χ3n) is 6.13. The third kappa shape index (κ3) is 7.24. The number of nitrogens with one attached hydrogen (secondary N) is 3. The molecule has 4 amide bonds. The topological polar surface area (TPSA) is 107 Å². The van der Waals surface area contributed by atoms with E-state index in [1.165, 1.54) is 0 Å².